The molecule has 112 valence electrons. The Balaban J connectivity index is 1.57. The number of rotatable bonds is 4. The molecular formula is C14H14N6O2. The molecule has 0 fully saturated rings. The van der Waals surface area contributed by atoms with Crippen LogP contribution in [0.25, 0.3) is 11.4 Å². The number of nitrogens with zero attached hydrogens (tertiary/aromatic N) is 3. The molecule has 8 nitrogen and oxygen atoms in total. The number of nitrogens with one attached hydrogen (secondary N) is 3. The van der Waals surface area contributed by atoms with E-state index in [0.717, 1.165) is 17.0 Å². The van der Waals surface area contributed by atoms with Crippen molar-refractivity contribution in [3.63, 3.8) is 0 Å². The molecule has 8 heteroatoms. The lowest BCUT2D eigenvalue weighted by atomic mass is 10.2. The Labute approximate surface area is 125 Å². The van der Waals surface area contributed by atoms with Gasteiger partial charge < -0.3 is 9.84 Å². The second kappa shape index (κ2) is 6.08. The molecule has 0 aliphatic rings. The van der Waals surface area contributed by atoms with Crippen molar-refractivity contribution >= 4 is 12.0 Å². The summed E-state index contributed by atoms with van der Waals surface area (Å²) in [4.78, 5) is 15.9. The predicted molar refractivity (Wildman–Crippen MR) is 78.9 cm³/mol. The SMILES string of the molecule is Cc1cc(CNC(=O)Nc2nc(-c3ccccc3)no2)n[nH]1. The van der Waals surface area contributed by atoms with Crippen molar-refractivity contribution in [1.29, 1.82) is 0 Å². The molecule has 0 spiro atoms. The van der Waals surface area contributed by atoms with E-state index >= 15 is 0 Å². The minimum absolute atomic E-state index is 0.0366. The van der Waals surface area contributed by atoms with Crippen LogP contribution in [0.5, 0.6) is 0 Å². The van der Waals surface area contributed by atoms with Crippen LogP contribution in [0.2, 0.25) is 0 Å². The molecule has 0 saturated carbocycles. The minimum Gasteiger partial charge on any atom is -0.332 e. The van der Waals surface area contributed by atoms with E-state index in [1.165, 1.54) is 0 Å². The Morgan fingerprint density at radius 2 is 2.14 bits per heavy atom. The standard InChI is InChI=1S/C14H14N6O2/c1-9-7-11(19-18-9)8-15-13(21)17-14-16-12(20-22-14)10-5-3-2-4-6-10/h2-7H,8H2,1H3,(H,18,19)(H2,15,16,17,20,21). The molecule has 2 aromatic heterocycles. The Bertz CT molecular complexity index is 765. The van der Waals surface area contributed by atoms with Gasteiger partial charge in [0.05, 0.1) is 12.2 Å². The van der Waals surface area contributed by atoms with Crippen LogP contribution >= 0.6 is 0 Å². The molecule has 3 N–H and O–H groups in total. The van der Waals surface area contributed by atoms with Crippen LogP contribution in [0.15, 0.2) is 40.9 Å². The van der Waals surface area contributed by atoms with Crippen molar-refractivity contribution in [3.8, 4) is 11.4 Å². The zero-order valence-electron chi connectivity index (χ0n) is 11.8. The highest BCUT2D eigenvalue weighted by Gasteiger charge is 2.11. The number of aromatic nitrogens is 4. The van der Waals surface area contributed by atoms with E-state index in [2.05, 4.69) is 31.0 Å². The second-order valence-electron chi connectivity index (χ2n) is 4.64. The molecule has 0 radical (unpaired) electrons. The largest absolute Gasteiger partial charge is 0.332 e. The average molecular weight is 298 g/mol. The van der Waals surface area contributed by atoms with Crippen molar-refractivity contribution in [2.75, 3.05) is 5.32 Å². The highest BCUT2D eigenvalue weighted by Crippen LogP contribution is 2.16. The maximum Gasteiger partial charge on any atom is 0.329 e. The van der Waals surface area contributed by atoms with Gasteiger partial charge in [0.2, 0.25) is 5.82 Å². The fourth-order valence-electron chi connectivity index (χ4n) is 1.86. The van der Waals surface area contributed by atoms with E-state index in [1.807, 2.05) is 43.3 Å². The summed E-state index contributed by atoms with van der Waals surface area (Å²) in [5.74, 6) is 0.416. The van der Waals surface area contributed by atoms with Gasteiger partial charge >= 0.3 is 12.0 Å². The normalized spacial score (nSPS) is 10.4. The maximum absolute atomic E-state index is 11.8. The van der Waals surface area contributed by atoms with Crippen LogP contribution < -0.4 is 10.6 Å². The lowest BCUT2D eigenvalue weighted by molar-refractivity contribution is 0.250. The van der Waals surface area contributed by atoms with E-state index in [0.29, 0.717) is 12.4 Å². The highest BCUT2D eigenvalue weighted by atomic mass is 16.5. The number of urea groups is 1. The van der Waals surface area contributed by atoms with Crippen molar-refractivity contribution in [2.45, 2.75) is 13.5 Å². The van der Waals surface area contributed by atoms with Crippen molar-refractivity contribution in [1.82, 2.24) is 25.7 Å². The van der Waals surface area contributed by atoms with Gasteiger partial charge in [-0.3, -0.25) is 10.4 Å². The number of anilines is 1. The van der Waals surface area contributed by atoms with Crippen LogP contribution in [0.1, 0.15) is 11.4 Å². The summed E-state index contributed by atoms with van der Waals surface area (Å²) in [5, 5.41) is 15.8. The number of aromatic amines is 1. The predicted octanol–water partition coefficient (Wildman–Crippen LogP) is 2.09. The van der Waals surface area contributed by atoms with Gasteiger partial charge in [0.25, 0.3) is 0 Å². The van der Waals surface area contributed by atoms with Crippen molar-refractivity contribution < 1.29 is 9.32 Å². The van der Waals surface area contributed by atoms with E-state index in [-0.39, 0.29) is 6.01 Å². The molecular weight excluding hydrogens is 284 g/mol. The molecule has 0 aliphatic heterocycles. The molecule has 3 aromatic rings. The molecule has 2 amide bonds. The molecule has 0 bridgehead atoms. The van der Waals surface area contributed by atoms with Gasteiger partial charge in [-0.1, -0.05) is 35.5 Å². The molecule has 2 heterocycles. The second-order valence-corrected chi connectivity index (χ2v) is 4.64. The summed E-state index contributed by atoms with van der Waals surface area (Å²) in [6.45, 7) is 2.19. The minimum atomic E-state index is -0.441. The van der Waals surface area contributed by atoms with Gasteiger partial charge in [0.15, 0.2) is 0 Å². The summed E-state index contributed by atoms with van der Waals surface area (Å²) in [6, 6.07) is 10.8. The number of hydrogen-bond acceptors (Lipinski definition) is 5. The molecule has 3 rings (SSSR count). The van der Waals surface area contributed by atoms with Crippen LogP contribution in [0, 0.1) is 6.92 Å². The first-order chi connectivity index (χ1) is 10.7. The van der Waals surface area contributed by atoms with E-state index < -0.39 is 6.03 Å². The fraction of sp³-hybridized carbons (Fsp3) is 0.143. The zero-order valence-corrected chi connectivity index (χ0v) is 11.8. The van der Waals surface area contributed by atoms with Crippen LogP contribution in [-0.2, 0) is 6.54 Å². The monoisotopic (exact) mass is 298 g/mol. The fourth-order valence-corrected chi connectivity index (χ4v) is 1.86. The number of carbonyl (C=O) groups excluding carboxylic acids is 1. The zero-order chi connectivity index (χ0) is 15.4. The summed E-state index contributed by atoms with van der Waals surface area (Å²) < 4.78 is 4.99. The number of H-pyrrole nitrogens is 1. The topological polar surface area (TPSA) is 109 Å². The van der Waals surface area contributed by atoms with Gasteiger partial charge in [0, 0.05) is 11.3 Å². The van der Waals surface area contributed by atoms with Crippen molar-refractivity contribution in [3.05, 3.63) is 47.8 Å². The van der Waals surface area contributed by atoms with Gasteiger partial charge in [-0.05, 0) is 13.0 Å². The van der Waals surface area contributed by atoms with Crippen LogP contribution in [0.3, 0.4) is 0 Å². The summed E-state index contributed by atoms with van der Waals surface area (Å²) in [6.07, 6.45) is 0. The molecule has 0 unspecified atom stereocenters. The molecule has 1 aromatic carbocycles. The first-order valence-corrected chi connectivity index (χ1v) is 6.65. The number of amides is 2. The Morgan fingerprint density at radius 1 is 1.32 bits per heavy atom. The number of aryl methyl sites for hydroxylation is 1. The third kappa shape index (κ3) is 3.29. The van der Waals surface area contributed by atoms with Gasteiger partial charge in [-0.25, -0.2) is 4.79 Å². The smallest absolute Gasteiger partial charge is 0.329 e. The third-order valence-corrected chi connectivity index (χ3v) is 2.87. The van der Waals surface area contributed by atoms with Gasteiger partial charge in [-0.2, -0.15) is 10.1 Å². The Morgan fingerprint density at radius 3 is 2.86 bits per heavy atom. The number of carbonyl (C=O) groups is 1. The molecule has 0 atom stereocenters. The summed E-state index contributed by atoms with van der Waals surface area (Å²) in [7, 11) is 0. The van der Waals surface area contributed by atoms with E-state index in [4.69, 9.17) is 4.52 Å². The first-order valence-electron chi connectivity index (χ1n) is 6.65. The summed E-state index contributed by atoms with van der Waals surface area (Å²) >= 11 is 0. The maximum atomic E-state index is 11.8. The highest BCUT2D eigenvalue weighted by molar-refractivity contribution is 5.87. The molecule has 0 saturated heterocycles. The van der Waals surface area contributed by atoms with Crippen molar-refractivity contribution in [2.24, 2.45) is 0 Å². The van der Waals surface area contributed by atoms with E-state index in [9.17, 15) is 4.79 Å². The Kier molecular flexibility index (Phi) is 3.82. The summed E-state index contributed by atoms with van der Waals surface area (Å²) in [5.41, 5.74) is 2.48. The quantitative estimate of drug-likeness (QED) is 0.683. The van der Waals surface area contributed by atoms with Gasteiger partial charge in [0.1, 0.15) is 0 Å². The third-order valence-electron chi connectivity index (χ3n) is 2.87. The van der Waals surface area contributed by atoms with Crippen LogP contribution in [0.4, 0.5) is 10.8 Å². The van der Waals surface area contributed by atoms with Gasteiger partial charge in [-0.15, -0.1) is 0 Å². The van der Waals surface area contributed by atoms with E-state index in [1.54, 1.807) is 0 Å². The number of benzene rings is 1. The Hall–Kier alpha value is -3.16. The molecule has 0 aliphatic carbocycles. The average Bonchev–Trinajstić information content (AvgIpc) is 3.15. The van der Waals surface area contributed by atoms with Crippen LogP contribution in [-0.4, -0.2) is 26.4 Å². The first kappa shape index (κ1) is 13.8. The lowest BCUT2D eigenvalue weighted by Crippen LogP contribution is -2.28. The molecule has 22 heavy (non-hydrogen) atoms. The lowest BCUT2D eigenvalue weighted by Gasteiger charge is -2.01. The number of hydrogen-bond donors (Lipinski definition) is 3.